The first-order chi connectivity index (χ1) is 9.65. The second-order valence-electron chi connectivity index (χ2n) is 7.04. The van der Waals surface area contributed by atoms with Crippen LogP contribution in [0, 0.1) is 5.92 Å². The minimum Gasteiger partial charge on any atom is -0.312 e. The van der Waals surface area contributed by atoms with E-state index in [4.69, 9.17) is 0 Å². The Balaban J connectivity index is 1.98. The Kier molecular flexibility index (Phi) is 6.31. The van der Waals surface area contributed by atoms with Crippen LogP contribution >= 0.6 is 0 Å². The standard InChI is InChI=1S/C17H35N3/c1-5-9-18-16-8-7-15(6-2)12-17(16)20-11-10-19(4)14(3)13-20/h14-18H,5-13H2,1-4H3. The lowest BCUT2D eigenvalue weighted by Gasteiger charge is -2.47. The van der Waals surface area contributed by atoms with Gasteiger partial charge in [-0.1, -0.05) is 20.3 Å². The van der Waals surface area contributed by atoms with E-state index < -0.39 is 0 Å². The predicted molar refractivity (Wildman–Crippen MR) is 87.2 cm³/mol. The van der Waals surface area contributed by atoms with Gasteiger partial charge < -0.3 is 10.2 Å². The summed E-state index contributed by atoms with van der Waals surface area (Å²) in [6.07, 6.45) is 6.83. The molecule has 1 saturated carbocycles. The van der Waals surface area contributed by atoms with E-state index in [1.165, 1.54) is 58.3 Å². The smallest absolute Gasteiger partial charge is 0.0253 e. The van der Waals surface area contributed by atoms with Crippen molar-refractivity contribution in [2.24, 2.45) is 5.92 Å². The van der Waals surface area contributed by atoms with Crippen LogP contribution in [0.3, 0.4) is 0 Å². The normalized spacial score (nSPS) is 37.2. The van der Waals surface area contributed by atoms with Gasteiger partial charge in [-0.2, -0.15) is 0 Å². The monoisotopic (exact) mass is 281 g/mol. The van der Waals surface area contributed by atoms with Crippen LogP contribution in [0.5, 0.6) is 0 Å². The first kappa shape index (κ1) is 16.3. The molecule has 4 atom stereocenters. The number of hydrogen-bond acceptors (Lipinski definition) is 3. The molecule has 2 aliphatic rings. The molecular formula is C17H35N3. The fourth-order valence-corrected chi connectivity index (χ4v) is 3.95. The zero-order valence-corrected chi connectivity index (χ0v) is 14.1. The molecular weight excluding hydrogens is 246 g/mol. The summed E-state index contributed by atoms with van der Waals surface area (Å²) in [6.45, 7) is 11.9. The van der Waals surface area contributed by atoms with Gasteiger partial charge in [0, 0.05) is 37.8 Å². The lowest BCUT2D eigenvalue weighted by atomic mass is 9.80. The average Bonchev–Trinajstić information content (AvgIpc) is 2.48. The Morgan fingerprint density at radius 3 is 2.60 bits per heavy atom. The van der Waals surface area contributed by atoms with Crippen molar-refractivity contribution in [1.29, 1.82) is 0 Å². The second-order valence-corrected chi connectivity index (χ2v) is 7.04. The van der Waals surface area contributed by atoms with E-state index in [-0.39, 0.29) is 0 Å². The van der Waals surface area contributed by atoms with Gasteiger partial charge in [0.2, 0.25) is 0 Å². The molecule has 4 unspecified atom stereocenters. The molecule has 1 aliphatic carbocycles. The molecule has 0 aromatic carbocycles. The molecule has 0 aromatic heterocycles. The second kappa shape index (κ2) is 7.77. The number of nitrogens with one attached hydrogen (secondary N) is 1. The molecule has 0 radical (unpaired) electrons. The van der Waals surface area contributed by atoms with E-state index in [9.17, 15) is 0 Å². The molecule has 118 valence electrons. The van der Waals surface area contributed by atoms with Gasteiger partial charge >= 0.3 is 0 Å². The molecule has 0 spiro atoms. The highest BCUT2D eigenvalue weighted by Crippen LogP contribution is 2.31. The number of hydrogen-bond donors (Lipinski definition) is 1. The summed E-state index contributed by atoms with van der Waals surface area (Å²) in [5.74, 6) is 0.953. The maximum atomic E-state index is 3.83. The van der Waals surface area contributed by atoms with Crippen LogP contribution in [0.25, 0.3) is 0 Å². The van der Waals surface area contributed by atoms with Crippen LogP contribution in [0.4, 0.5) is 0 Å². The number of nitrogens with zero attached hydrogens (tertiary/aromatic N) is 2. The van der Waals surface area contributed by atoms with Gasteiger partial charge in [0.1, 0.15) is 0 Å². The summed E-state index contributed by atoms with van der Waals surface area (Å²) in [7, 11) is 2.27. The van der Waals surface area contributed by atoms with Gasteiger partial charge in [-0.25, -0.2) is 0 Å². The van der Waals surface area contributed by atoms with Gasteiger partial charge in [0.15, 0.2) is 0 Å². The molecule has 2 rings (SSSR count). The number of rotatable bonds is 5. The number of likely N-dealkylation sites (N-methyl/N-ethyl adjacent to an activating group) is 1. The van der Waals surface area contributed by atoms with E-state index in [0.29, 0.717) is 6.04 Å². The van der Waals surface area contributed by atoms with Crippen molar-refractivity contribution >= 4 is 0 Å². The van der Waals surface area contributed by atoms with Gasteiger partial charge in [-0.3, -0.25) is 4.90 Å². The molecule has 1 aliphatic heterocycles. The highest BCUT2D eigenvalue weighted by atomic mass is 15.3. The molecule has 1 saturated heterocycles. The summed E-state index contributed by atoms with van der Waals surface area (Å²) >= 11 is 0. The van der Waals surface area contributed by atoms with Crippen LogP contribution in [-0.4, -0.2) is 61.2 Å². The largest absolute Gasteiger partial charge is 0.312 e. The Bertz CT molecular complexity index is 281. The van der Waals surface area contributed by atoms with Crippen LogP contribution in [0.2, 0.25) is 0 Å². The van der Waals surface area contributed by atoms with Crippen LogP contribution in [-0.2, 0) is 0 Å². The molecule has 3 heteroatoms. The van der Waals surface area contributed by atoms with Crippen LogP contribution in [0.1, 0.15) is 52.9 Å². The molecule has 0 amide bonds. The van der Waals surface area contributed by atoms with Crippen molar-refractivity contribution in [2.45, 2.75) is 71.0 Å². The number of piperazine rings is 1. The Hall–Kier alpha value is -0.120. The lowest BCUT2D eigenvalue weighted by Crippen LogP contribution is -2.60. The maximum absolute atomic E-state index is 3.83. The summed E-state index contributed by atoms with van der Waals surface area (Å²) < 4.78 is 0. The Morgan fingerprint density at radius 2 is 1.95 bits per heavy atom. The molecule has 0 aromatic rings. The van der Waals surface area contributed by atoms with Crippen LogP contribution < -0.4 is 5.32 Å². The first-order valence-electron chi connectivity index (χ1n) is 8.83. The fraction of sp³-hybridized carbons (Fsp3) is 1.00. The minimum absolute atomic E-state index is 0.706. The summed E-state index contributed by atoms with van der Waals surface area (Å²) in [5, 5.41) is 3.83. The minimum atomic E-state index is 0.706. The predicted octanol–water partition coefficient (Wildman–Crippen LogP) is 2.57. The molecule has 1 N–H and O–H groups in total. The quantitative estimate of drug-likeness (QED) is 0.835. The van der Waals surface area contributed by atoms with Gasteiger partial charge in [0.25, 0.3) is 0 Å². The van der Waals surface area contributed by atoms with Crippen molar-refractivity contribution < 1.29 is 0 Å². The zero-order valence-electron chi connectivity index (χ0n) is 14.1. The van der Waals surface area contributed by atoms with E-state index in [1.54, 1.807) is 0 Å². The van der Waals surface area contributed by atoms with Crippen molar-refractivity contribution in [3.05, 3.63) is 0 Å². The average molecular weight is 281 g/mol. The van der Waals surface area contributed by atoms with Crippen LogP contribution in [0.15, 0.2) is 0 Å². The summed E-state index contributed by atoms with van der Waals surface area (Å²) in [5.41, 5.74) is 0. The topological polar surface area (TPSA) is 18.5 Å². The zero-order chi connectivity index (χ0) is 14.5. The van der Waals surface area contributed by atoms with Gasteiger partial charge in [0.05, 0.1) is 0 Å². The SMILES string of the molecule is CCCNC1CCC(CC)CC1N1CCN(C)C(C)C1. The third kappa shape index (κ3) is 3.96. The molecule has 20 heavy (non-hydrogen) atoms. The van der Waals surface area contributed by atoms with Crippen molar-refractivity contribution in [1.82, 2.24) is 15.1 Å². The van der Waals surface area contributed by atoms with E-state index in [1.807, 2.05) is 0 Å². The van der Waals surface area contributed by atoms with Gasteiger partial charge in [-0.05, 0) is 52.1 Å². The Labute approximate surface area is 126 Å². The van der Waals surface area contributed by atoms with Crippen molar-refractivity contribution in [2.75, 3.05) is 33.2 Å². The van der Waals surface area contributed by atoms with E-state index >= 15 is 0 Å². The Morgan fingerprint density at radius 1 is 1.15 bits per heavy atom. The highest BCUT2D eigenvalue weighted by molar-refractivity contribution is 4.93. The first-order valence-corrected chi connectivity index (χ1v) is 8.83. The maximum Gasteiger partial charge on any atom is 0.0253 e. The summed E-state index contributed by atoms with van der Waals surface area (Å²) in [4.78, 5) is 5.30. The third-order valence-electron chi connectivity index (χ3n) is 5.62. The molecule has 0 bridgehead atoms. The summed E-state index contributed by atoms with van der Waals surface area (Å²) in [6, 6.07) is 2.21. The van der Waals surface area contributed by atoms with Crippen molar-refractivity contribution in [3.63, 3.8) is 0 Å². The molecule has 3 nitrogen and oxygen atoms in total. The molecule has 2 fully saturated rings. The third-order valence-corrected chi connectivity index (χ3v) is 5.62. The highest BCUT2D eigenvalue weighted by Gasteiger charge is 2.35. The van der Waals surface area contributed by atoms with E-state index in [2.05, 4.69) is 42.9 Å². The van der Waals surface area contributed by atoms with Gasteiger partial charge in [-0.15, -0.1) is 0 Å². The fourth-order valence-electron chi connectivity index (χ4n) is 3.95. The van der Waals surface area contributed by atoms with E-state index in [0.717, 1.165) is 18.0 Å². The lowest BCUT2D eigenvalue weighted by molar-refractivity contribution is 0.0308. The van der Waals surface area contributed by atoms with Crippen molar-refractivity contribution in [3.8, 4) is 0 Å². The molecule has 1 heterocycles.